The number of nitro groups is 1. The number of nitrogens with zero attached hydrogens (tertiary/aromatic N) is 2. The second-order valence-corrected chi connectivity index (χ2v) is 4.73. The molecule has 5 nitrogen and oxygen atoms in total. The van der Waals surface area contributed by atoms with E-state index in [0.29, 0.717) is 12.1 Å². The number of aliphatic hydroxyl groups is 1. The maximum atomic E-state index is 10.8. The van der Waals surface area contributed by atoms with Gasteiger partial charge in [0.1, 0.15) is 0 Å². The van der Waals surface area contributed by atoms with Crippen molar-refractivity contribution in [3.05, 3.63) is 69.8 Å². The number of benzene rings is 2. The molecule has 0 aliphatic carbocycles. The van der Waals surface area contributed by atoms with E-state index in [0.717, 1.165) is 17.8 Å². The van der Waals surface area contributed by atoms with E-state index in [9.17, 15) is 15.2 Å². The third-order valence-electron chi connectivity index (χ3n) is 3.38. The van der Waals surface area contributed by atoms with Crippen molar-refractivity contribution in [2.45, 2.75) is 20.1 Å². The van der Waals surface area contributed by atoms with Gasteiger partial charge in [0.05, 0.1) is 11.5 Å². The van der Waals surface area contributed by atoms with Crippen LogP contribution in [0, 0.1) is 10.1 Å². The van der Waals surface area contributed by atoms with Gasteiger partial charge >= 0.3 is 0 Å². The van der Waals surface area contributed by atoms with Gasteiger partial charge in [-0.25, -0.2) is 0 Å². The topological polar surface area (TPSA) is 66.6 Å². The molecule has 0 unspecified atom stereocenters. The van der Waals surface area contributed by atoms with E-state index in [1.807, 2.05) is 37.3 Å². The van der Waals surface area contributed by atoms with Crippen molar-refractivity contribution < 1.29 is 10.0 Å². The Bertz CT molecular complexity index is 614. The first kappa shape index (κ1) is 15.0. The van der Waals surface area contributed by atoms with Crippen molar-refractivity contribution in [2.24, 2.45) is 0 Å². The molecule has 0 spiro atoms. The number of hydrogen-bond acceptors (Lipinski definition) is 4. The monoisotopic (exact) mass is 286 g/mol. The molecule has 2 aromatic rings. The summed E-state index contributed by atoms with van der Waals surface area (Å²) in [6, 6.07) is 14.6. The summed E-state index contributed by atoms with van der Waals surface area (Å²) < 4.78 is 0. The lowest BCUT2D eigenvalue weighted by Crippen LogP contribution is -2.23. The number of aliphatic hydroxyl groups excluding tert-OH is 1. The van der Waals surface area contributed by atoms with Crippen LogP contribution in [-0.4, -0.2) is 16.6 Å². The Morgan fingerprint density at radius 1 is 1.19 bits per heavy atom. The first-order chi connectivity index (χ1) is 10.2. The second kappa shape index (κ2) is 6.85. The van der Waals surface area contributed by atoms with E-state index >= 15 is 0 Å². The summed E-state index contributed by atoms with van der Waals surface area (Å²) in [5.74, 6) is 0. The predicted octanol–water partition coefficient (Wildman–Crippen LogP) is 3.11. The van der Waals surface area contributed by atoms with Gasteiger partial charge in [-0.2, -0.15) is 0 Å². The summed E-state index contributed by atoms with van der Waals surface area (Å²) in [6.07, 6.45) is 0. The number of nitro benzene ring substituents is 1. The minimum atomic E-state index is -0.448. The second-order valence-electron chi connectivity index (χ2n) is 4.73. The first-order valence-corrected chi connectivity index (χ1v) is 6.82. The predicted molar refractivity (Wildman–Crippen MR) is 82.2 cm³/mol. The lowest BCUT2D eigenvalue weighted by molar-refractivity contribution is -0.384. The van der Waals surface area contributed by atoms with Crippen LogP contribution < -0.4 is 4.90 Å². The van der Waals surface area contributed by atoms with E-state index in [1.54, 1.807) is 6.07 Å². The quantitative estimate of drug-likeness (QED) is 0.654. The van der Waals surface area contributed by atoms with Crippen molar-refractivity contribution >= 4 is 11.4 Å². The Labute approximate surface area is 123 Å². The first-order valence-electron chi connectivity index (χ1n) is 6.82. The van der Waals surface area contributed by atoms with E-state index in [4.69, 9.17) is 0 Å². The van der Waals surface area contributed by atoms with Crippen LogP contribution in [0.15, 0.2) is 48.5 Å². The van der Waals surface area contributed by atoms with Gasteiger partial charge in [0.25, 0.3) is 5.69 Å². The summed E-state index contributed by atoms with van der Waals surface area (Å²) in [7, 11) is 0. The Morgan fingerprint density at radius 2 is 1.90 bits per heavy atom. The van der Waals surface area contributed by atoms with Crippen molar-refractivity contribution in [2.75, 3.05) is 11.4 Å². The number of rotatable bonds is 6. The summed E-state index contributed by atoms with van der Waals surface area (Å²) in [5.41, 5.74) is 2.55. The molecule has 2 rings (SSSR count). The summed E-state index contributed by atoms with van der Waals surface area (Å²) in [6.45, 7) is 3.25. The number of non-ortho nitro benzene ring substituents is 1. The van der Waals surface area contributed by atoms with Crippen LogP contribution in [0.1, 0.15) is 18.1 Å². The molecule has 110 valence electrons. The van der Waals surface area contributed by atoms with E-state index < -0.39 is 4.92 Å². The van der Waals surface area contributed by atoms with Gasteiger partial charge < -0.3 is 10.0 Å². The Kier molecular flexibility index (Phi) is 4.90. The van der Waals surface area contributed by atoms with Crippen LogP contribution in [0.4, 0.5) is 11.4 Å². The average Bonchev–Trinajstić information content (AvgIpc) is 2.53. The highest BCUT2D eigenvalue weighted by atomic mass is 16.6. The Morgan fingerprint density at radius 3 is 2.48 bits per heavy atom. The molecule has 0 saturated heterocycles. The van der Waals surface area contributed by atoms with Crippen molar-refractivity contribution in [3.8, 4) is 0 Å². The minimum Gasteiger partial charge on any atom is -0.392 e. The van der Waals surface area contributed by atoms with Crippen LogP contribution in [0.3, 0.4) is 0 Å². The third kappa shape index (κ3) is 3.58. The Balaban J connectivity index is 2.31. The number of anilines is 1. The normalized spacial score (nSPS) is 10.4. The standard InChI is InChI=1S/C16H18N2O3/c1-2-17(11-13-6-4-3-5-7-13)16-9-8-15(18(20)21)10-14(16)12-19/h3-10,19H,2,11-12H2,1H3. The highest BCUT2D eigenvalue weighted by Gasteiger charge is 2.14. The van der Waals surface area contributed by atoms with Crippen LogP contribution in [0.2, 0.25) is 0 Å². The maximum absolute atomic E-state index is 10.8. The third-order valence-corrected chi connectivity index (χ3v) is 3.38. The highest BCUT2D eigenvalue weighted by molar-refractivity contribution is 5.58. The summed E-state index contributed by atoms with van der Waals surface area (Å²) in [4.78, 5) is 12.5. The molecule has 0 fully saturated rings. The minimum absolute atomic E-state index is 0.00133. The van der Waals surface area contributed by atoms with Gasteiger partial charge in [-0.1, -0.05) is 30.3 Å². The molecule has 0 radical (unpaired) electrons. The molecule has 0 saturated carbocycles. The molecule has 21 heavy (non-hydrogen) atoms. The van der Waals surface area contributed by atoms with Crippen LogP contribution >= 0.6 is 0 Å². The van der Waals surface area contributed by atoms with Gasteiger partial charge in [-0.05, 0) is 18.6 Å². The summed E-state index contributed by atoms with van der Waals surface area (Å²) in [5, 5.41) is 20.3. The fraction of sp³-hybridized carbons (Fsp3) is 0.250. The molecule has 5 heteroatoms. The van der Waals surface area contributed by atoms with E-state index in [1.165, 1.54) is 12.1 Å². The maximum Gasteiger partial charge on any atom is 0.269 e. The molecule has 0 aromatic heterocycles. The van der Waals surface area contributed by atoms with Crippen LogP contribution in [0.25, 0.3) is 0 Å². The highest BCUT2D eigenvalue weighted by Crippen LogP contribution is 2.26. The SMILES string of the molecule is CCN(Cc1ccccc1)c1ccc([N+](=O)[O-])cc1CO. The van der Waals surface area contributed by atoms with Crippen molar-refractivity contribution in [1.29, 1.82) is 0 Å². The molecule has 0 aliphatic rings. The number of hydrogen-bond donors (Lipinski definition) is 1. The van der Waals surface area contributed by atoms with Gasteiger partial charge in [0.15, 0.2) is 0 Å². The van der Waals surface area contributed by atoms with Gasteiger partial charge in [0, 0.05) is 36.5 Å². The van der Waals surface area contributed by atoms with Crippen molar-refractivity contribution in [3.63, 3.8) is 0 Å². The zero-order valence-corrected chi connectivity index (χ0v) is 11.9. The van der Waals surface area contributed by atoms with Crippen molar-refractivity contribution in [1.82, 2.24) is 0 Å². The molecule has 0 bridgehead atoms. The Hall–Kier alpha value is -2.40. The van der Waals surface area contributed by atoms with Gasteiger partial charge in [-0.15, -0.1) is 0 Å². The molecule has 2 aromatic carbocycles. The fourth-order valence-electron chi connectivity index (χ4n) is 2.29. The van der Waals surface area contributed by atoms with Gasteiger partial charge in [-0.3, -0.25) is 10.1 Å². The smallest absolute Gasteiger partial charge is 0.269 e. The van der Waals surface area contributed by atoms with Crippen LogP contribution in [0.5, 0.6) is 0 Å². The molecular formula is C16H18N2O3. The lowest BCUT2D eigenvalue weighted by atomic mass is 10.1. The molecule has 0 heterocycles. The molecule has 0 atom stereocenters. The molecule has 0 amide bonds. The molecular weight excluding hydrogens is 268 g/mol. The molecule has 1 N–H and O–H groups in total. The van der Waals surface area contributed by atoms with Crippen LogP contribution in [-0.2, 0) is 13.2 Å². The van der Waals surface area contributed by atoms with E-state index in [2.05, 4.69) is 4.90 Å². The average molecular weight is 286 g/mol. The fourth-order valence-corrected chi connectivity index (χ4v) is 2.29. The summed E-state index contributed by atoms with van der Waals surface area (Å²) >= 11 is 0. The largest absolute Gasteiger partial charge is 0.392 e. The molecule has 0 aliphatic heterocycles. The van der Waals surface area contributed by atoms with Gasteiger partial charge in [0.2, 0.25) is 0 Å². The van der Waals surface area contributed by atoms with E-state index in [-0.39, 0.29) is 12.3 Å². The zero-order chi connectivity index (χ0) is 15.2. The lowest BCUT2D eigenvalue weighted by Gasteiger charge is -2.25. The zero-order valence-electron chi connectivity index (χ0n) is 11.9.